The Kier molecular flexibility index (Phi) is 5.71. The summed E-state index contributed by atoms with van der Waals surface area (Å²) in [5.41, 5.74) is 4.82. The van der Waals surface area contributed by atoms with Crippen LogP contribution >= 0.6 is 11.8 Å². The first-order valence-electron chi connectivity index (χ1n) is 9.14. The van der Waals surface area contributed by atoms with Crippen LogP contribution in [0.4, 0.5) is 10.5 Å². The molecule has 0 saturated heterocycles. The number of urea groups is 1. The normalized spacial score (nSPS) is 10.8. The molecule has 2 aromatic carbocycles. The molecule has 0 unspecified atom stereocenters. The average Bonchev–Trinajstić information content (AvgIpc) is 3.21. The van der Waals surface area contributed by atoms with Crippen LogP contribution in [-0.2, 0) is 12.3 Å². The largest absolute Gasteiger partial charge is 0.334 e. The molecular formula is C21H20N6OS. The van der Waals surface area contributed by atoms with Crippen LogP contribution in [0.2, 0.25) is 0 Å². The highest BCUT2D eigenvalue weighted by Crippen LogP contribution is 2.27. The lowest BCUT2D eigenvalue weighted by molar-refractivity contribution is 0.251. The standard InChI is InChI=1S/C21H20N6OS/c1-14-5-2-3-7-16(14)10-22-21(28)26-17-8-4-6-15(9-17)12-29-20-18-11-25-27-19(18)23-13-24-20/h2-9,11,13H,10,12H2,1H3,(H2,22,26,28)(H,23,24,25,27). The molecule has 0 bridgehead atoms. The Morgan fingerprint density at radius 3 is 2.93 bits per heavy atom. The van der Waals surface area contributed by atoms with Crippen LogP contribution in [0.25, 0.3) is 11.0 Å². The van der Waals surface area contributed by atoms with Gasteiger partial charge in [-0.3, -0.25) is 5.10 Å². The smallest absolute Gasteiger partial charge is 0.319 e. The van der Waals surface area contributed by atoms with Gasteiger partial charge in [0.1, 0.15) is 11.4 Å². The Hall–Kier alpha value is -3.39. The van der Waals surface area contributed by atoms with Crippen molar-refractivity contribution in [2.45, 2.75) is 24.2 Å². The average molecular weight is 404 g/mol. The fourth-order valence-electron chi connectivity index (χ4n) is 2.91. The first-order valence-corrected chi connectivity index (χ1v) is 10.1. The second-order valence-electron chi connectivity index (χ2n) is 6.53. The van der Waals surface area contributed by atoms with Crippen LogP contribution in [0.3, 0.4) is 0 Å². The lowest BCUT2D eigenvalue weighted by atomic mass is 10.1. The number of fused-ring (bicyclic) bond motifs is 1. The molecule has 8 heteroatoms. The number of carbonyl (C=O) groups is 1. The van der Waals surface area contributed by atoms with Gasteiger partial charge >= 0.3 is 6.03 Å². The maximum absolute atomic E-state index is 12.2. The quantitative estimate of drug-likeness (QED) is 0.329. The molecule has 3 N–H and O–H groups in total. The predicted octanol–water partition coefficient (Wildman–Crippen LogP) is 4.28. The molecule has 0 atom stereocenters. The van der Waals surface area contributed by atoms with E-state index in [1.807, 2.05) is 55.5 Å². The highest BCUT2D eigenvalue weighted by atomic mass is 32.2. The summed E-state index contributed by atoms with van der Waals surface area (Å²) in [6.45, 7) is 2.52. The molecule has 2 heterocycles. The van der Waals surface area contributed by atoms with E-state index in [0.29, 0.717) is 6.54 Å². The van der Waals surface area contributed by atoms with Crippen molar-refractivity contribution in [3.8, 4) is 0 Å². The number of hydrogen-bond donors (Lipinski definition) is 3. The third kappa shape index (κ3) is 4.72. The molecule has 2 aromatic heterocycles. The van der Waals surface area contributed by atoms with Crippen molar-refractivity contribution < 1.29 is 4.79 Å². The van der Waals surface area contributed by atoms with Crippen molar-refractivity contribution >= 4 is 34.5 Å². The minimum absolute atomic E-state index is 0.228. The van der Waals surface area contributed by atoms with Gasteiger partial charge in [-0.25, -0.2) is 14.8 Å². The van der Waals surface area contributed by atoms with Gasteiger partial charge in [-0.15, -0.1) is 11.8 Å². The van der Waals surface area contributed by atoms with Gasteiger partial charge in [0, 0.05) is 18.0 Å². The number of carbonyl (C=O) groups excluding carboxylic acids is 1. The number of benzene rings is 2. The molecular weight excluding hydrogens is 384 g/mol. The summed E-state index contributed by atoms with van der Waals surface area (Å²) in [5.74, 6) is 0.720. The lowest BCUT2D eigenvalue weighted by Crippen LogP contribution is -2.28. The van der Waals surface area contributed by atoms with Gasteiger partial charge in [-0.2, -0.15) is 5.10 Å². The van der Waals surface area contributed by atoms with Crippen molar-refractivity contribution in [3.63, 3.8) is 0 Å². The number of aryl methyl sites for hydroxylation is 1. The molecule has 29 heavy (non-hydrogen) atoms. The van der Waals surface area contributed by atoms with Crippen LogP contribution in [0.5, 0.6) is 0 Å². The Morgan fingerprint density at radius 2 is 2.03 bits per heavy atom. The predicted molar refractivity (Wildman–Crippen MR) is 115 cm³/mol. The highest BCUT2D eigenvalue weighted by molar-refractivity contribution is 7.98. The number of nitrogens with zero attached hydrogens (tertiary/aromatic N) is 3. The summed E-state index contributed by atoms with van der Waals surface area (Å²) in [4.78, 5) is 20.7. The van der Waals surface area contributed by atoms with Crippen LogP contribution in [0.15, 0.2) is 66.1 Å². The van der Waals surface area contributed by atoms with E-state index in [-0.39, 0.29) is 6.03 Å². The number of H-pyrrole nitrogens is 1. The minimum Gasteiger partial charge on any atom is -0.334 e. The topological polar surface area (TPSA) is 95.6 Å². The second kappa shape index (κ2) is 8.74. The SMILES string of the molecule is Cc1ccccc1CNC(=O)Nc1cccc(CSc2ncnc3[nH]ncc23)c1. The zero-order valence-corrected chi connectivity index (χ0v) is 16.7. The summed E-state index contributed by atoms with van der Waals surface area (Å²) < 4.78 is 0. The lowest BCUT2D eigenvalue weighted by Gasteiger charge is -2.10. The van der Waals surface area contributed by atoms with E-state index < -0.39 is 0 Å². The first-order chi connectivity index (χ1) is 14.2. The fraction of sp³-hybridized carbons (Fsp3) is 0.143. The first kappa shape index (κ1) is 18.9. The van der Waals surface area contributed by atoms with Gasteiger partial charge in [0.25, 0.3) is 0 Å². The molecule has 0 aliphatic rings. The number of aromatic amines is 1. The summed E-state index contributed by atoms with van der Waals surface area (Å²) in [6.07, 6.45) is 3.26. The maximum Gasteiger partial charge on any atom is 0.319 e. The van der Waals surface area contributed by atoms with E-state index in [9.17, 15) is 4.79 Å². The third-order valence-corrected chi connectivity index (χ3v) is 5.55. The molecule has 0 saturated carbocycles. The van der Waals surface area contributed by atoms with E-state index >= 15 is 0 Å². The van der Waals surface area contributed by atoms with Gasteiger partial charge in [-0.1, -0.05) is 36.4 Å². The number of amides is 2. The number of aromatic nitrogens is 4. The zero-order chi connectivity index (χ0) is 20.1. The molecule has 146 valence electrons. The van der Waals surface area contributed by atoms with E-state index in [2.05, 4.69) is 30.8 Å². The molecule has 0 radical (unpaired) electrons. The van der Waals surface area contributed by atoms with E-state index in [1.165, 1.54) is 6.33 Å². The van der Waals surface area contributed by atoms with E-state index in [1.54, 1.807) is 18.0 Å². The van der Waals surface area contributed by atoms with Crippen LogP contribution in [-0.4, -0.2) is 26.2 Å². The zero-order valence-electron chi connectivity index (χ0n) is 15.8. The number of nitrogens with one attached hydrogen (secondary N) is 3. The molecule has 4 aromatic rings. The molecule has 2 amide bonds. The molecule has 0 aliphatic heterocycles. The van der Waals surface area contributed by atoms with Crippen LogP contribution in [0, 0.1) is 6.92 Å². The van der Waals surface area contributed by atoms with Crippen LogP contribution in [0.1, 0.15) is 16.7 Å². The van der Waals surface area contributed by atoms with Crippen molar-refractivity contribution in [3.05, 3.63) is 77.7 Å². The molecule has 0 aliphatic carbocycles. The number of rotatable bonds is 6. The number of hydrogen-bond acceptors (Lipinski definition) is 5. The summed E-state index contributed by atoms with van der Waals surface area (Å²) in [6, 6.07) is 15.6. The number of thioether (sulfide) groups is 1. The molecule has 0 spiro atoms. The molecule has 7 nitrogen and oxygen atoms in total. The molecule has 0 fully saturated rings. The summed E-state index contributed by atoms with van der Waals surface area (Å²) in [7, 11) is 0. The highest BCUT2D eigenvalue weighted by Gasteiger charge is 2.08. The van der Waals surface area contributed by atoms with Crippen molar-refractivity contribution in [1.82, 2.24) is 25.5 Å². The third-order valence-electron chi connectivity index (χ3n) is 4.47. The van der Waals surface area contributed by atoms with Gasteiger partial charge in [0.15, 0.2) is 5.65 Å². The van der Waals surface area contributed by atoms with Gasteiger partial charge < -0.3 is 10.6 Å². The monoisotopic (exact) mass is 404 g/mol. The number of anilines is 1. The Bertz CT molecular complexity index is 1140. The molecule has 4 rings (SSSR count). The fourth-order valence-corrected chi connectivity index (χ4v) is 3.82. The van der Waals surface area contributed by atoms with Crippen molar-refractivity contribution in [1.29, 1.82) is 0 Å². The maximum atomic E-state index is 12.2. The summed E-state index contributed by atoms with van der Waals surface area (Å²) in [5, 5.41) is 14.4. The Labute approximate surface area is 172 Å². The summed E-state index contributed by atoms with van der Waals surface area (Å²) >= 11 is 1.60. The van der Waals surface area contributed by atoms with Crippen LogP contribution < -0.4 is 10.6 Å². The van der Waals surface area contributed by atoms with Gasteiger partial charge in [0.2, 0.25) is 0 Å². The minimum atomic E-state index is -0.228. The Balaban J connectivity index is 1.35. The van der Waals surface area contributed by atoms with Crippen molar-refractivity contribution in [2.24, 2.45) is 0 Å². The van der Waals surface area contributed by atoms with Crippen molar-refractivity contribution in [2.75, 3.05) is 5.32 Å². The van der Waals surface area contributed by atoms with E-state index in [0.717, 1.165) is 44.2 Å². The van der Waals surface area contributed by atoms with Gasteiger partial charge in [-0.05, 0) is 35.7 Å². The van der Waals surface area contributed by atoms with Gasteiger partial charge in [0.05, 0.1) is 11.6 Å². The Morgan fingerprint density at radius 1 is 1.14 bits per heavy atom. The second-order valence-corrected chi connectivity index (χ2v) is 7.50. The van der Waals surface area contributed by atoms with E-state index in [4.69, 9.17) is 0 Å².